The number of benzene rings is 1. The van der Waals surface area contributed by atoms with E-state index in [1.807, 2.05) is 0 Å². The molecule has 1 unspecified atom stereocenters. The van der Waals surface area contributed by atoms with Gasteiger partial charge in [-0.2, -0.15) is 0 Å². The molecular weight excluding hydrogens is 386 g/mol. The van der Waals surface area contributed by atoms with Gasteiger partial charge in [-0.05, 0) is 48.3 Å². The van der Waals surface area contributed by atoms with Crippen molar-refractivity contribution in [3.63, 3.8) is 0 Å². The first-order valence-corrected chi connectivity index (χ1v) is 10.5. The fraction of sp³-hybridized carbons (Fsp3) is 0.381. The van der Waals surface area contributed by atoms with Crippen LogP contribution in [0.15, 0.2) is 30.6 Å². The maximum absolute atomic E-state index is 10.9. The molecule has 3 heterocycles. The summed E-state index contributed by atoms with van der Waals surface area (Å²) >= 11 is 1.78. The minimum Gasteiger partial charge on any atom is -0.258 e. The molecule has 0 saturated carbocycles. The molecule has 0 fully saturated rings. The molecule has 0 aliphatic heterocycles. The molecule has 5 rings (SSSR count). The van der Waals surface area contributed by atoms with Crippen molar-refractivity contribution >= 4 is 32.9 Å². The van der Waals surface area contributed by atoms with E-state index < -0.39 is 4.92 Å². The summed E-state index contributed by atoms with van der Waals surface area (Å²) < 4.78 is 1.72. The zero-order valence-electron chi connectivity index (χ0n) is 16.5. The van der Waals surface area contributed by atoms with Crippen LogP contribution in [0.2, 0.25) is 0 Å². The summed E-state index contributed by atoms with van der Waals surface area (Å²) in [6, 6.07) is 6.34. The molecule has 29 heavy (non-hydrogen) atoms. The number of aromatic nitrogens is 4. The Balaban J connectivity index is 1.61. The van der Waals surface area contributed by atoms with Gasteiger partial charge in [-0.3, -0.25) is 10.1 Å². The van der Waals surface area contributed by atoms with E-state index in [0.717, 1.165) is 34.3 Å². The van der Waals surface area contributed by atoms with Crippen LogP contribution >= 0.6 is 11.3 Å². The van der Waals surface area contributed by atoms with E-state index in [-0.39, 0.29) is 5.69 Å². The molecule has 4 aromatic rings. The molecular formula is C21H21N5O2S. The quantitative estimate of drug-likeness (QED) is 0.342. The Kier molecular flexibility index (Phi) is 3.96. The van der Waals surface area contributed by atoms with Gasteiger partial charge in [0.15, 0.2) is 11.5 Å². The minimum atomic E-state index is -0.406. The number of rotatable bonds is 2. The molecule has 1 aromatic carbocycles. The molecule has 1 aliphatic rings. The fourth-order valence-electron chi connectivity index (χ4n) is 4.17. The standard InChI is InChI=1S/C21H21N5O2S/c1-21(2,3)13-6-9-15-16(10-13)29-20-17(15)19-23-18(24-25(19)11-22-20)12-4-7-14(8-5-12)26(27)28/h4-5,7-8,11,13H,6,9-10H2,1-3H3. The van der Waals surface area contributed by atoms with Crippen LogP contribution in [0.25, 0.3) is 27.3 Å². The van der Waals surface area contributed by atoms with Crippen LogP contribution in [0.4, 0.5) is 5.69 Å². The largest absolute Gasteiger partial charge is 0.269 e. The topological polar surface area (TPSA) is 86.2 Å². The second-order valence-corrected chi connectivity index (χ2v) is 9.83. The Morgan fingerprint density at radius 1 is 1.24 bits per heavy atom. The van der Waals surface area contributed by atoms with Gasteiger partial charge in [-0.1, -0.05) is 20.8 Å². The highest BCUT2D eigenvalue weighted by atomic mass is 32.1. The number of thiophene rings is 1. The predicted molar refractivity (Wildman–Crippen MR) is 113 cm³/mol. The summed E-state index contributed by atoms with van der Waals surface area (Å²) in [4.78, 5) is 22.3. The van der Waals surface area contributed by atoms with Gasteiger partial charge in [0.1, 0.15) is 11.2 Å². The van der Waals surface area contributed by atoms with Gasteiger partial charge in [0.2, 0.25) is 0 Å². The third kappa shape index (κ3) is 2.98. The molecule has 148 valence electrons. The molecule has 7 nitrogen and oxygen atoms in total. The highest BCUT2D eigenvalue weighted by Crippen LogP contribution is 2.43. The van der Waals surface area contributed by atoms with Crippen LogP contribution in [-0.2, 0) is 12.8 Å². The lowest BCUT2D eigenvalue weighted by atomic mass is 9.72. The number of hydrogen-bond acceptors (Lipinski definition) is 6. The predicted octanol–water partition coefficient (Wildman–Crippen LogP) is 5.07. The van der Waals surface area contributed by atoms with E-state index in [2.05, 4.69) is 30.9 Å². The second kappa shape index (κ2) is 6.32. The van der Waals surface area contributed by atoms with Crippen molar-refractivity contribution in [3.05, 3.63) is 51.1 Å². The van der Waals surface area contributed by atoms with E-state index in [9.17, 15) is 10.1 Å². The van der Waals surface area contributed by atoms with Crippen LogP contribution in [0.5, 0.6) is 0 Å². The number of hydrogen-bond donors (Lipinski definition) is 0. The molecule has 3 aromatic heterocycles. The number of nitro groups is 1. The first kappa shape index (κ1) is 18.2. The Morgan fingerprint density at radius 3 is 2.69 bits per heavy atom. The Morgan fingerprint density at radius 2 is 2.00 bits per heavy atom. The zero-order chi connectivity index (χ0) is 20.3. The fourth-order valence-corrected chi connectivity index (χ4v) is 5.43. The van der Waals surface area contributed by atoms with Crippen LogP contribution < -0.4 is 0 Å². The van der Waals surface area contributed by atoms with Gasteiger partial charge in [-0.15, -0.1) is 16.4 Å². The van der Waals surface area contributed by atoms with Crippen molar-refractivity contribution in [3.8, 4) is 11.4 Å². The van der Waals surface area contributed by atoms with E-state index in [4.69, 9.17) is 4.98 Å². The maximum Gasteiger partial charge on any atom is 0.269 e. The van der Waals surface area contributed by atoms with Crippen molar-refractivity contribution in [1.82, 2.24) is 19.6 Å². The molecule has 0 N–H and O–H groups in total. The number of nitrogens with zero attached hydrogens (tertiary/aromatic N) is 5. The number of non-ortho nitro benzene ring substituents is 1. The highest BCUT2D eigenvalue weighted by Gasteiger charge is 2.31. The lowest BCUT2D eigenvalue weighted by molar-refractivity contribution is -0.384. The lowest BCUT2D eigenvalue weighted by Crippen LogP contribution is -2.26. The number of nitro benzene ring substituents is 1. The Labute approximate surface area is 171 Å². The van der Waals surface area contributed by atoms with E-state index >= 15 is 0 Å². The molecule has 8 heteroatoms. The van der Waals surface area contributed by atoms with Crippen molar-refractivity contribution in [2.75, 3.05) is 0 Å². The van der Waals surface area contributed by atoms with Crippen molar-refractivity contribution in [1.29, 1.82) is 0 Å². The summed E-state index contributed by atoms with van der Waals surface area (Å²) in [7, 11) is 0. The van der Waals surface area contributed by atoms with Gasteiger partial charge in [0.05, 0.1) is 10.3 Å². The van der Waals surface area contributed by atoms with Crippen molar-refractivity contribution < 1.29 is 4.92 Å². The smallest absolute Gasteiger partial charge is 0.258 e. The third-order valence-corrected chi connectivity index (χ3v) is 7.11. The van der Waals surface area contributed by atoms with E-state index in [1.165, 1.54) is 29.0 Å². The monoisotopic (exact) mass is 407 g/mol. The zero-order valence-corrected chi connectivity index (χ0v) is 17.4. The first-order chi connectivity index (χ1) is 13.8. The maximum atomic E-state index is 10.9. The van der Waals surface area contributed by atoms with E-state index in [1.54, 1.807) is 34.3 Å². The third-order valence-electron chi connectivity index (χ3n) is 5.95. The van der Waals surface area contributed by atoms with Crippen LogP contribution in [-0.4, -0.2) is 24.5 Å². The summed E-state index contributed by atoms with van der Waals surface area (Å²) in [5.74, 6) is 1.23. The van der Waals surface area contributed by atoms with Gasteiger partial charge in [0.25, 0.3) is 5.69 Å². The summed E-state index contributed by atoms with van der Waals surface area (Å²) in [6.45, 7) is 6.96. The number of aryl methyl sites for hydroxylation is 1. The normalized spacial score (nSPS) is 17.0. The van der Waals surface area contributed by atoms with Crippen LogP contribution in [0.3, 0.4) is 0 Å². The van der Waals surface area contributed by atoms with Gasteiger partial charge in [-0.25, -0.2) is 14.5 Å². The number of fused-ring (bicyclic) bond motifs is 5. The van der Waals surface area contributed by atoms with Crippen LogP contribution in [0.1, 0.15) is 37.6 Å². The summed E-state index contributed by atoms with van der Waals surface area (Å²) in [5.41, 5.74) is 3.29. The Hall–Kier alpha value is -2.87. The Bertz CT molecular complexity index is 1250. The molecule has 0 saturated heterocycles. The summed E-state index contributed by atoms with van der Waals surface area (Å²) in [6.07, 6.45) is 5.02. The molecule has 0 bridgehead atoms. The van der Waals surface area contributed by atoms with Crippen LogP contribution in [0, 0.1) is 21.4 Å². The van der Waals surface area contributed by atoms with E-state index in [0.29, 0.717) is 17.2 Å². The SMILES string of the molecule is CC(C)(C)C1CCc2c(sc3ncn4nc(-c5ccc([N+](=O)[O-])cc5)nc4c23)C1. The molecule has 1 aliphatic carbocycles. The molecule has 1 atom stereocenters. The molecule has 0 amide bonds. The average molecular weight is 407 g/mol. The minimum absolute atomic E-state index is 0.0573. The molecule has 0 spiro atoms. The molecule has 0 radical (unpaired) electrons. The van der Waals surface area contributed by atoms with Gasteiger partial charge in [0, 0.05) is 22.6 Å². The first-order valence-electron chi connectivity index (χ1n) is 9.72. The lowest BCUT2D eigenvalue weighted by Gasteiger charge is -2.33. The van der Waals surface area contributed by atoms with Crippen molar-refractivity contribution in [2.45, 2.75) is 40.0 Å². The second-order valence-electron chi connectivity index (χ2n) is 8.74. The van der Waals surface area contributed by atoms with Gasteiger partial charge >= 0.3 is 0 Å². The highest BCUT2D eigenvalue weighted by molar-refractivity contribution is 7.19. The van der Waals surface area contributed by atoms with Crippen molar-refractivity contribution in [2.24, 2.45) is 11.3 Å². The average Bonchev–Trinajstić information content (AvgIpc) is 3.27. The van der Waals surface area contributed by atoms with Gasteiger partial charge < -0.3 is 0 Å². The summed E-state index contributed by atoms with van der Waals surface area (Å²) in [5, 5.41) is 16.6.